The summed E-state index contributed by atoms with van der Waals surface area (Å²) in [6, 6.07) is 7.11. The van der Waals surface area contributed by atoms with Crippen LogP contribution in [0.3, 0.4) is 0 Å². The first-order chi connectivity index (χ1) is 14.0. The fraction of sp³-hybridized carbons (Fsp3) is 0.316. The lowest BCUT2D eigenvalue weighted by atomic mass is 10.1. The number of benzene rings is 1. The predicted molar refractivity (Wildman–Crippen MR) is 114 cm³/mol. The van der Waals surface area contributed by atoms with E-state index in [1.807, 2.05) is 43.5 Å². The highest BCUT2D eigenvalue weighted by atomic mass is 32.2. The molecule has 1 atom stereocenters. The number of thioether (sulfide) groups is 1. The third-order valence-electron chi connectivity index (χ3n) is 4.20. The molecule has 1 aromatic carbocycles. The Kier molecular flexibility index (Phi) is 6.99. The number of hydrogen-bond donors (Lipinski definition) is 2. The average molecular weight is 431 g/mol. The van der Waals surface area contributed by atoms with Gasteiger partial charge in [-0.15, -0.1) is 21.5 Å². The van der Waals surface area contributed by atoms with Gasteiger partial charge in [-0.25, -0.2) is 4.98 Å². The standard InChI is InChI=1S/C19H22N6O2S2/c1-4-25-16(13(3)21-17(27)14-8-6-5-7-12(14)2)23-24-19(25)29-11-15(26)22-18-20-9-10-28-18/h5-10,13H,4,11H2,1-3H3,(H,21,27)(H,20,22,26)/t13-/m0/s1. The molecule has 8 nitrogen and oxygen atoms in total. The monoisotopic (exact) mass is 430 g/mol. The smallest absolute Gasteiger partial charge is 0.252 e. The maximum absolute atomic E-state index is 12.6. The van der Waals surface area contributed by atoms with E-state index >= 15 is 0 Å². The van der Waals surface area contributed by atoms with Crippen LogP contribution in [0, 0.1) is 6.92 Å². The van der Waals surface area contributed by atoms with E-state index in [9.17, 15) is 9.59 Å². The molecule has 3 aromatic rings. The van der Waals surface area contributed by atoms with Crippen LogP contribution in [0.2, 0.25) is 0 Å². The highest BCUT2D eigenvalue weighted by Gasteiger charge is 2.20. The van der Waals surface area contributed by atoms with Crippen LogP contribution in [0.1, 0.15) is 41.6 Å². The van der Waals surface area contributed by atoms with Gasteiger partial charge < -0.3 is 15.2 Å². The summed E-state index contributed by atoms with van der Waals surface area (Å²) in [5.74, 6) is 0.537. The van der Waals surface area contributed by atoms with Crippen LogP contribution in [0.5, 0.6) is 0 Å². The molecule has 0 radical (unpaired) electrons. The average Bonchev–Trinajstić information content (AvgIpc) is 3.35. The second-order valence-corrected chi connectivity index (χ2v) is 8.11. The van der Waals surface area contributed by atoms with Gasteiger partial charge in [0, 0.05) is 23.7 Å². The van der Waals surface area contributed by atoms with Crippen molar-refractivity contribution in [3.63, 3.8) is 0 Å². The van der Waals surface area contributed by atoms with E-state index in [0.29, 0.717) is 28.2 Å². The van der Waals surface area contributed by atoms with E-state index in [0.717, 1.165) is 5.56 Å². The van der Waals surface area contributed by atoms with Crippen LogP contribution in [0.25, 0.3) is 0 Å². The van der Waals surface area contributed by atoms with Gasteiger partial charge in [-0.2, -0.15) is 0 Å². The Hall–Kier alpha value is -2.72. The molecule has 0 aliphatic carbocycles. The summed E-state index contributed by atoms with van der Waals surface area (Å²) in [4.78, 5) is 28.7. The van der Waals surface area contributed by atoms with Crippen molar-refractivity contribution in [2.45, 2.75) is 38.5 Å². The van der Waals surface area contributed by atoms with Crippen LogP contribution < -0.4 is 10.6 Å². The number of hydrogen-bond acceptors (Lipinski definition) is 7. The first-order valence-electron chi connectivity index (χ1n) is 9.11. The molecule has 0 unspecified atom stereocenters. The number of nitrogens with zero attached hydrogens (tertiary/aromatic N) is 4. The molecule has 0 spiro atoms. The fourth-order valence-electron chi connectivity index (χ4n) is 2.76. The first-order valence-corrected chi connectivity index (χ1v) is 11.0. The van der Waals surface area contributed by atoms with Crippen molar-refractivity contribution in [3.8, 4) is 0 Å². The van der Waals surface area contributed by atoms with Crippen molar-refractivity contribution in [2.24, 2.45) is 0 Å². The Morgan fingerprint density at radius 1 is 1.28 bits per heavy atom. The molecular weight excluding hydrogens is 408 g/mol. The lowest BCUT2D eigenvalue weighted by Gasteiger charge is -2.16. The van der Waals surface area contributed by atoms with Crippen molar-refractivity contribution in [2.75, 3.05) is 11.1 Å². The van der Waals surface area contributed by atoms with E-state index in [-0.39, 0.29) is 23.6 Å². The summed E-state index contributed by atoms with van der Waals surface area (Å²) in [5.41, 5.74) is 1.55. The lowest BCUT2D eigenvalue weighted by molar-refractivity contribution is -0.113. The summed E-state index contributed by atoms with van der Waals surface area (Å²) in [5, 5.41) is 17.2. The molecule has 2 heterocycles. The zero-order valence-corrected chi connectivity index (χ0v) is 18.0. The van der Waals surface area contributed by atoms with Gasteiger partial charge in [-0.3, -0.25) is 9.59 Å². The van der Waals surface area contributed by atoms with Gasteiger partial charge in [-0.05, 0) is 32.4 Å². The van der Waals surface area contributed by atoms with E-state index in [1.54, 1.807) is 17.6 Å². The number of carbonyl (C=O) groups is 2. The number of rotatable bonds is 8. The maximum Gasteiger partial charge on any atom is 0.252 e. The molecule has 0 aliphatic rings. The first kappa shape index (κ1) is 21.0. The number of aromatic nitrogens is 4. The van der Waals surface area contributed by atoms with Gasteiger partial charge >= 0.3 is 0 Å². The molecule has 2 aromatic heterocycles. The second kappa shape index (κ2) is 9.66. The van der Waals surface area contributed by atoms with Gasteiger partial charge in [0.25, 0.3) is 5.91 Å². The van der Waals surface area contributed by atoms with E-state index in [2.05, 4.69) is 25.8 Å². The highest BCUT2D eigenvalue weighted by molar-refractivity contribution is 7.99. The Labute approximate surface area is 177 Å². The molecular formula is C19H22N6O2S2. The number of amides is 2. The second-order valence-electron chi connectivity index (χ2n) is 6.27. The zero-order chi connectivity index (χ0) is 20.8. The van der Waals surface area contributed by atoms with Crippen LogP contribution in [0.15, 0.2) is 41.0 Å². The van der Waals surface area contributed by atoms with Crippen LogP contribution >= 0.6 is 23.1 Å². The van der Waals surface area contributed by atoms with E-state index in [4.69, 9.17) is 0 Å². The maximum atomic E-state index is 12.6. The molecule has 29 heavy (non-hydrogen) atoms. The Morgan fingerprint density at radius 2 is 2.07 bits per heavy atom. The minimum Gasteiger partial charge on any atom is -0.342 e. The molecule has 2 N–H and O–H groups in total. The summed E-state index contributed by atoms with van der Waals surface area (Å²) in [6.07, 6.45) is 1.64. The largest absolute Gasteiger partial charge is 0.342 e. The Balaban J connectivity index is 1.64. The summed E-state index contributed by atoms with van der Waals surface area (Å²) < 4.78 is 1.91. The topological polar surface area (TPSA) is 102 Å². The van der Waals surface area contributed by atoms with Crippen molar-refractivity contribution >= 4 is 40.0 Å². The van der Waals surface area contributed by atoms with Gasteiger partial charge in [0.15, 0.2) is 16.1 Å². The number of nitrogens with one attached hydrogen (secondary N) is 2. The van der Waals surface area contributed by atoms with Crippen LogP contribution in [-0.4, -0.2) is 37.3 Å². The third kappa shape index (κ3) is 5.21. The molecule has 10 heteroatoms. The predicted octanol–water partition coefficient (Wildman–Crippen LogP) is 3.28. The molecule has 152 valence electrons. The SMILES string of the molecule is CCn1c(SCC(=O)Nc2nccs2)nnc1[C@H](C)NC(=O)c1ccccc1C. The van der Waals surface area contributed by atoms with E-state index < -0.39 is 0 Å². The highest BCUT2D eigenvalue weighted by Crippen LogP contribution is 2.21. The third-order valence-corrected chi connectivity index (χ3v) is 5.85. The molecule has 0 bridgehead atoms. The molecule has 0 aliphatic heterocycles. The van der Waals surface area contributed by atoms with Crippen molar-refractivity contribution in [3.05, 3.63) is 52.8 Å². The number of aryl methyl sites for hydroxylation is 1. The summed E-state index contributed by atoms with van der Waals surface area (Å²) >= 11 is 2.67. The van der Waals surface area contributed by atoms with Crippen molar-refractivity contribution in [1.29, 1.82) is 0 Å². The molecule has 0 fully saturated rings. The summed E-state index contributed by atoms with van der Waals surface area (Å²) in [7, 11) is 0. The van der Waals surface area contributed by atoms with Crippen molar-refractivity contribution in [1.82, 2.24) is 25.1 Å². The quantitative estimate of drug-likeness (QED) is 0.532. The fourth-order valence-corrected chi connectivity index (χ4v) is 4.12. The van der Waals surface area contributed by atoms with Gasteiger partial charge in [0.05, 0.1) is 11.8 Å². The molecule has 0 saturated carbocycles. The van der Waals surface area contributed by atoms with E-state index in [1.165, 1.54) is 23.1 Å². The normalized spacial score (nSPS) is 11.8. The minimum atomic E-state index is -0.326. The van der Waals surface area contributed by atoms with Crippen LogP contribution in [-0.2, 0) is 11.3 Å². The molecule has 0 saturated heterocycles. The van der Waals surface area contributed by atoms with Gasteiger partial charge in [0.1, 0.15) is 0 Å². The van der Waals surface area contributed by atoms with Gasteiger partial charge in [0.2, 0.25) is 5.91 Å². The van der Waals surface area contributed by atoms with Crippen LogP contribution in [0.4, 0.5) is 5.13 Å². The number of carbonyl (C=O) groups excluding carboxylic acids is 2. The zero-order valence-electron chi connectivity index (χ0n) is 16.4. The van der Waals surface area contributed by atoms with Crippen molar-refractivity contribution < 1.29 is 9.59 Å². The number of anilines is 1. The lowest BCUT2D eigenvalue weighted by Crippen LogP contribution is -2.29. The van der Waals surface area contributed by atoms with Gasteiger partial charge in [-0.1, -0.05) is 30.0 Å². The minimum absolute atomic E-state index is 0.154. The Bertz CT molecular complexity index is 987. The molecule has 3 rings (SSSR count). The molecule has 2 amide bonds. The summed E-state index contributed by atoms with van der Waals surface area (Å²) in [6.45, 7) is 6.38. The Morgan fingerprint density at radius 3 is 2.76 bits per heavy atom. The number of thiazole rings is 1.